The Morgan fingerprint density at radius 3 is 2.57 bits per heavy atom. The number of hydrogen-bond donors (Lipinski definition) is 1. The Kier molecular flexibility index (Phi) is 6.88. The van der Waals surface area contributed by atoms with E-state index in [1.165, 1.54) is 34.4 Å². The summed E-state index contributed by atoms with van der Waals surface area (Å²) >= 11 is 1.25. The average molecular weight is 446 g/mol. The molecule has 0 saturated carbocycles. The summed E-state index contributed by atoms with van der Waals surface area (Å²) in [6.07, 6.45) is 4.41. The number of thiazole rings is 1. The summed E-state index contributed by atoms with van der Waals surface area (Å²) < 4.78 is 38.1. The summed E-state index contributed by atoms with van der Waals surface area (Å²) in [5.74, 6) is 0. The third-order valence-corrected chi connectivity index (χ3v) is 5.94. The van der Waals surface area contributed by atoms with Crippen molar-refractivity contribution >= 4 is 33.6 Å². The fourth-order valence-electron chi connectivity index (χ4n) is 2.29. The lowest BCUT2D eigenvalue weighted by Crippen LogP contribution is -2.25. The summed E-state index contributed by atoms with van der Waals surface area (Å²) in [6.45, 7) is -0.0509. The van der Waals surface area contributed by atoms with Gasteiger partial charge in [0.15, 0.2) is 15.0 Å². The second-order valence-corrected chi connectivity index (χ2v) is 8.74. The number of halogens is 2. The lowest BCUT2D eigenvalue weighted by atomic mass is 10.2. The Hall–Kier alpha value is -2.34. The molecule has 2 heterocycles. The molecular weight excluding hydrogens is 429 g/mol. The summed E-state index contributed by atoms with van der Waals surface area (Å²) in [4.78, 5) is 17.6. The van der Waals surface area contributed by atoms with E-state index in [0.717, 1.165) is 21.4 Å². The van der Waals surface area contributed by atoms with Crippen LogP contribution in [0.5, 0.6) is 0 Å². The van der Waals surface area contributed by atoms with Crippen molar-refractivity contribution in [1.29, 1.82) is 0 Å². The predicted molar refractivity (Wildman–Crippen MR) is 108 cm³/mol. The number of rotatable bonds is 6. The molecule has 0 saturated heterocycles. The SMILES string of the molecule is CS(=O)(=O)c1ccc(-c2cnc(-n3cnn(C/C(=C\F)CN)c3=O)s2)cc1.Cl. The van der Waals surface area contributed by atoms with Gasteiger partial charge in [0.1, 0.15) is 6.33 Å². The van der Waals surface area contributed by atoms with Crippen LogP contribution in [0.25, 0.3) is 15.6 Å². The fraction of sp³-hybridized carbons (Fsp3) is 0.188. The van der Waals surface area contributed by atoms with Crippen LogP contribution in [0.2, 0.25) is 0 Å². The molecule has 0 atom stereocenters. The summed E-state index contributed by atoms with van der Waals surface area (Å²) in [7, 11) is -3.27. The largest absolute Gasteiger partial charge is 0.352 e. The standard InChI is InChI=1S/C16H16FN5O3S2.ClH/c1-27(24,25)13-4-2-12(3-5-13)14-8-19-15(26-14)21-10-20-22(16(21)23)9-11(6-17)7-18;/h2-6,8,10H,7,9,18H2,1H3;1H/b11-6-;. The van der Waals surface area contributed by atoms with E-state index < -0.39 is 15.5 Å². The molecule has 0 fully saturated rings. The number of sulfone groups is 1. The molecule has 0 aliphatic rings. The van der Waals surface area contributed by atoms with Crippen LogP contribution in [0.1, 0.15) is 0 Å². The van der Waals surface area contributed by atoms with Gasteiger partial charge in [-0.25, -0.2) is 31.8 Å². The van der Waals surface area contributed by atoms with Crippen LogP contribution in [0.4, 0.5) is 4.39 Å². The van der Waals surface area contributed by atoms with Crippen molar-refractivity contribution < 1.29 is 12.8 Å². The third kappa shape index (κ3) is 4.55. The predicted octanol–water partition coefficient (Wildman–Crippen LogP) is 1.79. The van der Waals surface area contributed by atoms with Gasteiger partial charge in [0.05, 0.1) is 22.6 Å². The normalized spacial score (nSPS) is 12.0. The molecule has 0 unspecified atom stereocenters. The summed E-state index contributed by atoms with van der Waals surface area (Å²) in [6, 6.07) is 6.40. The minimum atomic E-state index is -3.27. The molecule has 28 heavy (non-hydrogen) atoms. The number of nitrogens with two attached hydrogens (primary N) is 1. The second-order valence-electron chi connectivity index (χ2n) is 5.72. The molecule has 0 spiro atoms. The number of aromatic nitrogens is 4. The van der Waals surface area contributed by atoms with Crippen LogP contribution in [-0.2, 0) is 16.4 Å². The van der Waals surface area contributed by atoms with Gasteiger partial charge in [-0.05, 0) is 23.3 Å². The first kappa shape index (κ1) is 22.0. The third-order valence-electron chi connectivity index (χ3n) is 3.77. The van der Waals surface area contributed by atoms with Gasteiger partial charge >= 0.3 is 5.69 Å². The molecule has 0 aliphatic carbocycles. The molecule has 2 aromatic heterocycles. The molecule has 12 heteroatoms. The molecule has 1 aromatic carbocycles. The van der Waals surface area contributed by atoms with Gasteiger partial charge in [-0.3, -0.25) is 0 Å². The smallest absolute Gasteiger partial charge is 0.327 e. The van der Waals surface area contributed by atoms with Crippen molar-refractivity contribution in [3.63, 3.8) is 0 Å². The van der Waals surface area contributed by atoms with E-state index in [1.807, 2.05) is 0 Å². The minimum Gasteiger partial charge on any atom is -0.327 e. The molecule has 0 bridgehead atoms. The van der Waals surface area contributed by atoms with E-state index in [2.05, 4.69) is 10.1 Å². The van der Waals surface area contributed by atoms with Gasteiger partial charge in [0.25, 0.3) is 0 Å². The number of benzene rings is 1. The van der Waals surface area contributed by atoms with Crippen LogP contribution in [0.3, 0.4) is 0 Å². The lowest BCUT2D eigenvalue weighted by molar-refractivity contribution is 0.602. The van der Waals surface area contributed by atoms with Crippen LogP contribution in [-0.4, -0.2) is 40.5 Å². The monoisotopic (exact) mass is 445 g/mol. The fourth-order valence-corrected chi connectivity index (χ4v) is 3.80. The lowest BCUT2D eigenvalue weighted by Gasteiger charge is -2.01. The summed E-state index contributed by atoms with van der Waals surface area (Å²) in [5.41, 5.74) is 5.96. The highest BCUT2D eigenvalue weighted by molar-refractivity contribution is 7.90. The van der Waals surface area contributed by atoms with Crippen molar-refractivity contribution in [3.05, 3.63) is 59.2 Å². The van der Waals surface area contributed by atoms with Crippen molar-refractivity contribution in [2.24, 2.45) is 5.73 Å². The quantitative estimate of drug-likeness (QED) is 0.619. The maximum atomic E-state index is 12.7. The van der Waals surface area contributed by atoms with E-state index in [0.29, 0.717) is 11.5 Å². The van der Waals surface area contributed by atoms with E-state index in [9.17, 15) is 17.6 Å². The first-order valence-electron chi connectivity index (χ1n) is 7.73. The minimum absolute atomic E-state index is 0. The van der Waals surface area contributed by atoms with Crippen LogP contribution < -0.4 is 11.4 Å². The highest BCUT2D eigenvalue weighted by Crippen LogP contribution is 2.28. The molecule has 2 N–H and O–H groups in total. The molecular formula is C16H17ClFN5O3S2. The van der Waals surface area contributed by atoms with E-state index in [-0.39, 0.29) is 36.0 Å². The van der Waals surface area contributed by atoms with Crippen LogP contribution >= 0.6 is 23.7 Å². The van der Waals surface area contributed by atoms with Gasteiger partial charge in [0, 0.05) is 19.0 Å². The first-order chi connectivity index (χ1) is 12.8. The zero-order chi connectivity index (χ0) is 19.6. The maximum Gasteiger partial charge on any atom is 0.352 e. The van der Waals surface area contributed by atoms with Gasteiger partial charge in [-0.1, -0.05) is 23.5 Å². The number of nitrogens with zero attached hydrogens (tertiary/aromatic N) is 4. The van der Waals surface area contributed by atoms with E-state index in [4.69, 9.17) is 5.73 Å². The van der Waals surface area contributed by atoms with Gasteiger partial charge in [0.2, 0.25) is 0 Å². The first-order valence-corrected chi connectivity index (χ1v) is 10.4. The Labute approximate surface area is 170 Å². The maximum absolute atomic E-state index is 12.7. The highest BCUT2D eigenvalue weighted by atomic mass is 35.5. The molecule has 3 rings (SSSR count). The zero-order valence-corrected chi connectivity index (χ0v) is 17.1. The van der Waals surface area contributed by atoms with Crippen molar-refractivity contribution in [3.8, 4) is 15.6 Å². The molecule has 150 valence electrons. The molecule has 0 amide bonds. The Balaban J connectivity index is 0.00000280. The van der Waals surface area contributed by atoms with Gasteiger partial charge in [-0.15, -0.1) is 12.4 Å². The van der Waals surface area contributed by atoms with E-state index >= 15 is 0 Å². The molecule has 0 aliphatic heterocycles. The zero-order valence-electron chi connectivity index (χ0n) is 14.6. The van der Waals surface area contributed by atoms with Crippen molar-refractivity contribution in [2.45, 2.75) is 11.4 Å². The topological polar surface area (TPSA) is 113 Å². The Morgan fingerprint density at radius 2 is 2.00 bits per heavy atom. The van der Waals surface area contributed by atoms with Gasteiger partial charge < -0.3 is 5.73 Å². The van der Waals surface area contributed by atoms with Crippen LogP contribution in [0, 0.1) is 0 Å². The van der Waals surface area contributed by atoms with Crippen molar-refractivity contribution in [2.75, 3.05) is 12.8 Å². The van der Waals surface area contributed by atoms with E-state index in [1.54, 1.807) is 18.3 Å². The molecule has 0 radical (unpaired) electrons. The Bertz CT molecular complexity index is 1150. The van der Waals surface area contributed by atoms with Crippen LogP contribution in [0.15, 0.2) is 58.4 Å². The molecule has 8 nitrogen and oxygen atoms in total. The number of hydrogen-bond acceptors (Lipinski definition) is 7. The Morgan fingerprint density at radius 1 is 1.32 bits per heavy atom. The van der Waals surface area contributed by atoms with Gasteiger partial charge in [-0.2, -0.15) is 5.10 Å². The second kappa shape index (κ2) is 8.78. The highest BCUT2D eigenvalue weighted by Gasteiger charge is 2.13. The summed E-state index contributed by atoms with van der Waals surface area (Å²) in [5, 5.41) is 4.35. The molecule has 3 aromatic rings. The van der Waals surface area contributed by atoms with Crippen molar-refractivity contribution in [1.82, 2.24) is 19.3 Å². The average Bonchev–Trinajstić information content (AvgIpc) is 3.26.